The number of thioether (sulfide) groups is 1. The first-order chi connectivity index (χ1) is 15.7. The Labute approximate surface area is 188 Å². The zero-order valence-electron chi connectivity index (χ0n) is 17.1. The Kier molecular flexibility index (Phi) is 5.39. The molecule has 32 heavy (non-hydrogen) atoms. The molecule has 1 aliphatic heterocycles. The molecule has 1 unspecified atom stereocenters. The van der Waals surface area contributed by atoms with Gasteiger partial charge in [0.05, 0.1) is 11.1 Å². The first kappa shape index (κ1) is 20.0. The number of fused-ring (bicyclic) bond motifs is 1. The lowest BCUT2D eigenvalue weighted by Crippen LogP contribution is -2.38. The second kappa shape index (κ2) is 8.64. The fourth-order valence-corrected chi connectivity index (χ4v) is 3.99. The molecule has 9 heteroatoms. The number of carbonyl (C=O) groups excluding carboxylic acids is 1. The van der Waals surface area contributed by atoms with Gasteiger partial charge in [0, 0.05) is 36.0 Å². The summed E-state index contributed by atoms with van der Waals surface area (Å²) in [5.74, 6) is 1.18. The molecule has 0 saturated carbocycles. The quantitative estimate of drug-likeness (QED) is 0.434. The van der Waals surface area contributed by atoms with Crippen LogP contribution >= 0.6 is 11.8 Å². The number of hydrazone groups is 1. The summed E-state index contributed by atoms with van der Waals surface area (Å²) >= 11 is 1.41. The summed E-state index contributed by atoms with van der Waals surface area (Å²) < 4.78 is 0. The van der Waals surface area contributed by atoms with Crippen LogP contribution in [0.15, 0.2) is 72.1 Å². The van der Waals surface area contributed by atoms with E-state index < -0.39 is 0 Å². The Hall–Kier alpha value is -3.98. The number of anilines is 1. The Morgan fingerprint density at radius 1 is 1.03 bits per heavy atom. The van der Waals surface area contributed by atoms with Crippen LogP contribution in [0.1, 0.15) is 10.4 Å². The molecule has 0 fully saturated rings. The van der Waals surface area contributed by atoms with E-state index in [1.807, 2.05) is 55.6 Å². The van der Waals surface area contributed by atoms with Crippen molar-refractivity contribution in [1.29, 1.82) is 0 Å². The van der Waals surface area contributed by atoms with E-state index in [0.717, 1.165) is 33.4 Å². The Morgan fingerprint density at radius 2 is 1.91 bits per heavy atom. The molecule has 8 nitrogen and oxygen atoms in total. The van der Waals surface area contributed by atoms with E-state index in [0.29, 0.717) is 11.4 Å². The fraction of sp³-hybridized carbons (Fsp3) is 0.0870. The number of aromatic nitrogens is 3. The van der Waals surface area contributed by atoms with Crippen LogP contribution in [-0.2, 0) is 0 Å². The van der Waals surface area contributed by atoms with Gasteiger partial charge in [-0.2, -0.15) is 5.10 Å². The average Bonchev–Trinajstić information content (AvgIpc) is 3.36. The highest BCUT2D eigenvalue weighted by Crippen LogP contribution is 2.29. The SMILES string of the molecule is CNc1nc(-c2cccnc2)nc2ccc(-c3cccc(C(=O)NC4NN=CS4)c3)cc12. The van der Waals surface area contributed by atoms with E-state index in [1.165, 1.54) is 11.8 Å². The van der Waals surface area contributed by atoms with Crippen molar-refractivity contribution in [3.63, 3.8) is 0 Å². The fourth-order valence-electron chi connectivity index (χ4n) is 3.45. The summed E-state index contributed by atoms with van der Waals surface area (Å²) in [6.45, 7) is 0. The maximum atomic E-state index is 12.6. The van der Waals surface area contributed by atoms with E-state index in [2.05, 4.69) is 31.1 Å². The monoisotopic (exact) mass is 441 g/mol. The first-order valence-corrected chi connectivity index (χ1v) is 10.9. The highest BCUT2D eigenvalue weighted by atomic mass is 32.2. The first-order valence-electron chi connectivity index (χ1n) is 9.95. The molecule has 2 aromatic carbocycles. The van der Waals surface area contributed by atoms with E-state index >= 15 is 0 Å². The van der Waals surface area contributed by atoms with Crippen molar-refractivity contribution >= 4 is 39.9 Å². The second-order valence-electron chi connectivity index (χ2n) is 7.05. The summed E-state index contributed by atoms with van der Waals surface area (Å²) in [5, 5.41) is 10.9. The number of rotatable bonds is 5. The van der Waals surface area contributed by atoms with E-state index in [9.17, 15) is 4.79 Å². The third-order valence-corrected chi connectivity index (χ3v) is 5.74. The predicted molar refractivity (Wildman–Crippen MR) is 128 cm³/mol. The molecule has 1 aliphatic rings. The van der Waals surface area contributed by atoms with Gasteiger partial charge < -0.3 is 10.6 Å². The number of nitrogens with zero attached hydrogens (tertiary/aromatic N) is 4. The molecule has 2 aromatic heterocycles. The standard InChI is InChI=1S/C23H19N7OS/c1-24-21-18-11-15(7-8-19(18)27-20(28-21)17-6-3-9-25-12-17)14-4-2-5-16(10-14)22(31)29-23-30-26-13-32-23/h2-13,23,30H,1H3,(H,29,31)(H,24,27,28). The van der Waals surface area contributed by atoms with Crippen LogP contribution in [0.2, 0.25) is 0 Å². The number of pyridine rings is 1. The lowest BCUT2D eigenvalue weighted by Gasteiger charge is -2.13. The topological polar surface area (TPSA) is 104 Å². The molecule has 0 saturated heterocycles. The van der Waals surface area contributed by atoms with Crippen molar-refractivity contribution in [2.45, 2.75) is 5.50 Å². The molecule has 0 radical (unpaired) electrons. The van der Waals surface area contributed by atoms with Crippen LogP contribution in [-0.4, -0.2) is 39.0 Å². The minimum atomic E-state index is -0.254. The Balaban J connectivity index is 1.49. The van der Waals surface area contributed by atoms with Gasteiger partial charge in [-0.1, -0.05) is 30.0 Å². The van der Waals surface area contributed by atoms with Crippen molar-refractivity contribution in [3.05, 3.63) is 72.6 Å². The number of benzene rings is 2. The molecule has 4 aromatic rings. The number of amides is 1. The lowest BCUT2D eigenvalue weighted by molar-refractivity contribution is 0.0946. The third-order valence-electron chi connectivity index (χ3n) is 5.01. The molecule has 0 bridgehead atoms. The molecule has 5 rings (SSSR count). The molecule has 1 amide bonds. The van der Waals surface area contributed by atoms with Crippen molar-refractivity contribution in [2.24, 2.45) is 5.10 Å². The maximum Gasteiger partial charge on any atom is 0.253 e. The van der Waals surface area contributed by atoms with E-state index in [-0.39, 0.29) is 11.4 Å². The zero-order chi connectivity index (χ0) is 21.9. The minimum absolute atomic E-state index is 0.163. The molecular formula is C23H19N7OS. The minimum Gasteiger partial charge on any atom is -0.373 e. The number of carbonyl (C=O) groups is 1. The van der Waals surface area contributed by atoms with Crippen molar-refractivity contribution in [1.82, 2.24) is 25.7 Å². The summed E-state index contributed by atoms with van der Waals surface area (Å²) in [7, 11) is 1.84. The molecular weight excluding hydrogens is 422 g/mol. The Morgan fingerprint density at radius 3 is 2.69 bits per heavy atom. The normalized spacial score (nSPS) is 14.8. The van der Waals surface area contributed by atoms with Gasteiger partial charge in [0.1, 0.15) is 5.82 Å². The van der Waals surface area contributed by atoms with Crippen LogP contribution in [0.25, 0.3) is 33.4 Å². The van der Waals surface area contributed by atoms with Gasteiger partial charge in [0.2, 0.25) is 0 Å². The number of hydrogen-bond acceptors (Lipinski definition) is 8. The van der Waals surface area contributed by atoms with Crippen LogP contribution < -0.4 is 16.1 Å². The largest absolute Gasteiger partial charge is 0.373 e. The van der Waals surface area contributed by atoms with Gasteiger partial charge in [0.25, 0.3) is 5.91 Å². The summed E-state index contributed by atoms with van der Waals surface area (Å²) in [5.41, 5.74) is 8.40. The highest BCUT2D eigenvalue weighted by Gasteiger charge is 2.16. The van der Waals surface area contributed by atoms with Gasteiger partial charge in [-0.05, 0) is 47.5 Å². The van der Waals surface area contributed by atoms with Gasteiger partial charge in [-0.15, -0.1) is 0 Å². The van der Waals surface area contributed by atoms with Gasteiger partial charge in [-0.3, -0.25) is 15.2 Å². The molecule has 0 aliphatic carbocycles. The zero-order valence-corrected chi connectivity index (χ0v) is 17.9. The van der Waals surface area contributed by atoms with Crippen molar-refractivity contribution < 1.29 is 4.79 Å². The summed E-state index contributed by atoms with van der Waals surface area (Å²) in [6, 6.07) is 17.3. The van der Waals surface area contributed by atoms with Crippen molar-refractivity contribution in [2.75, 3.05) is 12.4 Å². The summed E-state index contributed by atoms with van der Waals surface area (Å²) in [4.78, 5) is 26.2. The van der Waals surface area contributed by atoms with Crippen LogP contribution in [0.5, 0.6) is 0 Å². The van der Waals surface area contributed by atoms with Crippen molar-refractivity contribution in [3.8, 4) is 22.5 Å². The third kappa shape index (κ3) is 3.97. The second-order valence-corrected chi connectivity index (χ2v) is 8.01. The van der Waals surface area contributed by atoms with Gasteiger partial charge in [-0.25, -0.2) is 9.97 Å². The smallest absolute Gasteiger partial charge is 0.253 e. The molecule has 0 spiro atoms. The van der Waals surface area contributed by atoms with Gasteiger partial charge >= 0.3 is 0 Å². The Bertz CT molecular complexity index is 1320. The predicted octanol–water partition coefficient (Wildman–Crippen LogP) is 3.69. The van der Waals surface area contributed by atoms with Gasteiger partial charge in [0.15, 0.2) is 11.3 Å². The highest BCUT2D eigenvalue weighted by molar-refractivity contribution is 8.12. The van der Waals surface area contributed by atoms with E-state index in [4.69, 9.17) is 4.98 Å². The molecule has 3 N–H and O–H groups in total. The van der Waals surface area contributed by atoms with Crippen LogP contribution in [0.4, 0.5) is 5.82 Å². The molecule has 3 heterocycles. The van der Waals surface area contributed by atoms with Crippen LogP contribution in [0.3, 0.4) is 0 Å². The lowest BCUT2D eigenvalue weighted by atomic mass is 10.0. The average molecular weight is 442 g/mol. The van der Waals surface area contributed by atoms with E-state index in [1.54, 1.807) is 24.0 Å². The molecule has 1 atom stereocenters. The molecule has 158 valence electrons. The maximum absolute atomic E-state index is 12.6. The van der Waals surface area contributed by atoms with Crippen LogP contribution in [0, 0.1) is 0 Å². The number of nitrogens with one attached hydrogen (secondary N) is 3. The number of hydrogen-bond donors (Lipinski definition) is 3. The summed E-state index contributed by atoms with van der Waals surface area (Å²) in [6.07, 6.45) is 3.47.